The Morgan fingerprint density at radius 3 is 1.93 bits per heavy atom. The number of ether oxygens (including phenoxy) is 7. The van der Waals surface area contributed by atoms with Gasteiger partial charge in [-0.3, -0.25) is 0 Å². The molecular formula is C23H38O19. The summed E-state index contributed by atoms with van der Waals surface area (Å²) in [6.45, 7) is 0.477. The molecule has 0 aliphatic carbocycles. The third kappa shape index (κ3) is 6.72. The Morgan fingerprint density at radius 2 is 1.29 bits per heavy atom. The third-order valence-corrected chi connectivity index (χ3v) is 7.65. The van der Waals surface area contributed by atoms with Crippen molar-refractivity contribution >= 4 is 5.97 Å². The van der Waals surface area contributed by atoms with Crippen molar-refractivity contribution in [2.75, 3.05) is 13.2 Å². The predicted octanol–water partition coefficient (Wildman–Crippen LogP) is -6.96. The van der Waals surface area contributed by atoms with Gasteiger partial charge in [0.25, 0.3) is 0 Å². The first-order valence-corrected chi connectivity index (χ1v) is 13.3. The van der Waals surface area contributed by atoms with Crippen LogP contribution in [0.25, 0.3) is 0 Å². The van der Waals surface area contributed by atoms with Gasteiger partial charge in [-0.05, 0) is 13.3 Å². The van der Waals surface area contributed by atoms with Crippen molar-refractivity contribution in [3.05, 3.63) is 0 Å². The molecule has 0 bridgehead atoms. The molecule has 11 N–H and O–H groups in total. The minimum atomic E-state index is -2.08. The molecule has 0 spiro atoms. The fourth-order valence-electron chi connectivity index (χ4n) is 5.14. The topological polar surface area (TPSA) is 304 Å². The fourth-order valence-corrected chi connectivity index (χ4v) is 5.14. The lowest BCUT2D eigenvalue weighted by atomic mass is 9.96. The molecule has 0 aromatic heterocycles. The van der Waals surface area contributed by atoms with E-state index in [-0.39, 0.29) is 13.0 Å². The van der Waals surface area contributed by atoms with E-state index >= 15 is 0 Å². The van der Waals surface area contributed by atoms with Gasteiger partial charge in [0.15, 0.2) is 31.3 Å². The highest BCUT2D eigenvalue weighted by Gasteiger charge is 2.55. The van der Waals surface area contributed by atoms with Gasteiger partial charge in [0.05, 0.1) is 25.4 Å². The van der Waals surface area contributed by atoms with E-state index in [1.54, 1.807) is 0 Å². The SMILES string of the molecule is C[C@@H]1O[C@@H](O[C@H]2[C@H](O)[C@H](O[C@H]3O[C@H](C(=O)O)[C@@H](O[C@@H]4OCC[C@H](O)[C@H]4O)[C@H](O)[C@H]3O)[C@@H](O)O[C@@H]2CO)[C@H](O)[C@H](O)[C@H]1O. The molecule has 4 aliphatic rings. The Labute approximate surface area is 237 Å². The molecule has 4 heterocycles. The van der Waals surface area contributed by atoms with Crippen LogP contribution in [0.1, 0.15) is 13.3 Å². The van der Waals surface area contributed by atoms with Crippen molar-refractivity contribution in [3.63, 3.8) is 0 Å². The van der Waals surface area contributed by atoms with E-state index in [2.05, 4.69) is 0 Å². The van der Waals surface area contributed by atoms with Crippen LogP contribution in [0.5, 0.6) is 0 Å². The molecule has 4 aliphatic heterocycles. The summed E-state index contributed by atoms with van der Waals surface area (Å²) in [6, 6.07) is 0. The summed E-state index contributed by atoms with van der Waals surface area (Å²) in [5.74, 6) is -1.70. The smallest absolute Gasteiger partial charge is 0.335 e. The molecule has 0 saturated carbocycles. The van der Waals surface area contributed by atoms with E-state index in [4.69, 9.17) is 33.2 Å². The maximum Gasteiger partial charge on any atom is 0.335 e. The van der Waals surface area contributed by atoms with Gasteiger partial charge in [-0.2, -0.15) is 0 Å². The molecule has 19 heteroatoms. The quantitative estimate of drug-likeness (QED) is 0.120. The molecule has 0 amide bonds. The van der Waals surface area contributed by atoms with Crippen molar-refractivity contribution < 1.29 is 94.1 Å². The Kier molecular flexibility index (Phi) is 11.1. The highest BCUT2D eigenvalue weighted by atomic mass is 16.8. The summed E-state index contributed by atoms with van der Waals surface area (Å²) in [7, 11) is 0. The Balaban J connectivity index is 1.48. The zero-order chi connectivity index (χ0) is 31.0. The number of aliphatic hydroxyl groups is 10. The second-order valence-electron chi connectivity index (χ2n) is 10.6. The van der Waals surface area contributed by atoms with Crippen molar-refractivity contribution in [1.29, 1.82) is 0 Å². The zero-order valence-corrected chi connectivity index (χ0v) is 22.2. The van der Waals surface area contributed by atoms with Crippen molar-refractivity contribution in [3.8, 4) is 0 Å². The van der Waals surface area contributed by atoms with Gasteiger partial charge in [0, 0.05) is 0 Å². The summed E-state index contributed by atoms with van der Waals surface area (Å²) in [4.78, 5) is 12.0. The third-order valence-electron chi connectivity index (χ3n) is 7.65. The Hall–Kier alpha value is -1.21. The number of carboxylic acid groups (broad SMARTS) is 1. The van der Waals surface area contributed by atoms with Crippen LogP contribution in [0.3, 0.4) is 0 Å². The van der Waals surface area contributed by atoms with Crippen LogP contribution in [0, 0.1) is 0 Å². The van der Waals surface area contributed by atoms with Crippen LogP contribution >= 0.6 is 0 Å². The molecule has 0 aromatic rings. The number of aliphatic carboxylic acids is 1. The first-order chi connectivity index (χ1) is 19.8. The van der Waals surface area contributed by atoms with Crippen molar-refractivity contribution in [2.24, 2.45) is 0 Å². The second-order valence-corrected chi connectivity index (χ2v) is 10.6. The average molecular weight is 619 g/mol. The molecule has 4 saturated heterocycles. The molecule has 4 fully saturated rings. The lowest BCUT2D eigenvalue weighted by Crippen LogP contribution is -2.67. The lowest BCUT2D eigenvalue weighted by Gasteiger charge is -2.48. The molecule has 0 radical (unpaired) electrons. The molecule has 4 rings (SSSR count). The largest absolute Gasteiger partial charge is 0.479 e. The average Bonchev–Trinajstić information content (AvgIpc) is 2.95. The van der Waals surface area contributed by atoms with E-state index < -0.39 is 123 Å². The number of rotatable bonds is 8. The maximum absolute atomic E-state index is 12.0. The maximum atomic E-state index is 12.0. The second kappa shape index (κ2) is 13.8. The van der Waals surface area contributed by atoms with Gasteiger partial charge >= 0.3 is 5.97 Å². The first kappa shape index (κ1) is 33.7. The fraction of sp³-hybridized carbons (Fsp3) is 0.957. The number of carboxylic acids is 1. The highest BCUT2D eigenvalue weighted by molar-refractivity contribution is 5.73. The Morgan fingerprint density at radius 1 is 0.690 bits per heavy atom. The number of hydrogen-bond donors (Lipinski definition) is 11. The molecule has 244 valence electrons. The summed E-state index contributed by atoms with van der Waals surface area (Å²) >= 11 is 0. The minimum Gasteiger partial charge on any atom is -0.479 e. The van der Waals surface area contributed by atoms with E-state index in [1.165, 1.54) is 6.92 Å². The lowest BCUT2D eigenvalue weighted by molar-refractivity contribution is -0.385. The van der Waals surface area contributed by atoms with Crippen LogP contribution in [0.15, 0.2) is 0 Å². The Bertz CT molecular complexity index is 896. The van der Waals surface area contributed by atoms with E-state index in [0.29, 0.717) is 0 Å². The molecule has 0 unspecified atom stereocenters. The van der Waals surface area contributed by atoms with Gasteiger partial charge < -0.3 is 89.3 Å². The van der Waals surface area contributed by atoms with E-state index in [0.717, 1.165) is 0 Å². The predicted molar refractivity (Wildman–Crippen MR) is 126 cm³/mol. The van der Waals surface area contributed by atoms with Gasteiger partial charge in [-0.1, -0.05) is 0 Å². The van der Waals surface area contributed by atoms with Crippen LogP contribution in [0.2, 0.25) is 0 Å². The number of aliphatic hydroxyl groups excluding tert-OH is 10. The molecule has 42 heavy (non-hydrogen) atoms. The van der Waals surface area contributed by atoms with E-state index in [1.807, 2.05) is 0 Å². The summed E-state index contributed by atoms with van der Waals surface area (Å²) in [5, 5.41) is 113. The summed E-state index contributed by atoms with van der Waals surface area (Å²) in [6.07, 6.45) is -31.1. The van der Waals surface area contributed by atoms with Gasteiger partial charge in [0.1, 0.15) is 67.1 Å². The van der Waals surface area contributed by atoms with E-state index in [9.17, 15) is 61.0 Å². The van der Waals surface area contributed by atoms with Crippen LogP contribution in [0.4, 0.5) is 0 Å². The normalized spacial score (nSPS) is 52.2. The van der Waals surface area contributed by atoms with Gasteiger partial charge in [0.2, 0.25) is 0 Å². The van der Waals surface area contributed by atoms with Gasteiger partial charge in [-0.15, -0.1) is 0 Å². The highest BCUT2D eigenvalue weighted by Crippen LogP contribution is 2.33. The monoisotopic (exact) mass is 618 g/mol. The van der Waals surface area contributed by atoms with Crippen LogP contribution in [-0.2, 0) is 38.0 Å². The number of carbonyl (C=O) groups is 1. The zero-order valence-electron chi connectivity index (χ0n) is 22.2. The van der Waals surface area contributed by atoms with Crippen LogP contribution < -0.4 is 0 Å². The summed E-state index contributed by atoms with van der Waals surface area (Å²) < 4.78 is 37.4. The standard InChI is InChI=1S/C23H38O19/c1-5-8(26)10(28)12(30)22(37-5)39-15-7(4-24)38-20(35)17(14(15)32)41-23-13(31)11(29)16(18(42-23)19(33)34)40-21-9(27)6(25)2-3-36-21/h5-18,20-32,35H,2-4H2,1H3,(H,33,34)/t5-,6-,7+,8-,9+,10+,11+,12+,13+,14-,15+,16-,17-,18-,20-,21-,22-,23-/m0/s1. The number of hydrogen-bond acceptors (Lipinski definition) is 18. The van der Waals surface area contributed by atoms with Gasteiger partial charge in [-0.25, -0.2) is 4.79 Å². The first-order valence-electron chi connectivity index (χ1n) is 13.3. The summed E-state index contributed by atoms with van der Waals surface area (Å²) in [5.41, 5.74) is 0. The van der Waals surface area contributed by atoms with Crippen LogP contribution in [-0.4, -0.2) is 186 Å². The molecule has 18 atom stereocenters. The van der Waals surface area contributed by atoms with Crippen molar-refractivity contribution in [2.45, 2.75) is 124 Å². The molecule has 0 aromatic carbocycles. The molecule has 19 nitrogen and oxygen atoms in total. The molecular weight excluding hydrogens is 580 g/mol. The van der Waals surface area contributed by atoms with Crippen molar-refractivity contribution in [1.82, 2.24) is 0 Å². The minimum absolute atomic E-state index is 0.0600.